The quantitative estimate of drug-likeness (QED) is 0.791. The van der Waals surface area contributed by atoms with Gasteiger partial charge < -0.3 is 9.80 Å². The monoisotopic (exact) mass is 348 g/mol. The van der Waals surface area contributed by atoms with Crippen LogP contribution >= 0.6 is 0 Å². The average Bonchev–Trinajstić information content (AvgIpc) is 2.60. The molecule has 6 heteroatoms. The number of benzene rings is 1. The molecule has 2 heterocycles. The molecule has 1 aromatic carbocycles. The van der Waals surface area contributed by atoms with Gasteiger partial charge in [-0.25, -0.2) is 0 Å². The molecule has 2 aromatic rings. The molecule has 2 bridgehead atoms. The molecular weight excluding hydrogens is 328 g/mol. The first-order chi connectivity index (χ1) is 12.6. The molecule has 26 heavy (non-hydrogen) atoms. The zero-order valence-corrected chi connectivity index (χ0v) is 14.5. The molecule has 0 N–H and O–H groups in total. The SMILES string of the molecule is O=C1C(=O)N(C23CC(C2)C3)CCN1Cc1ccc(-c2ccccc2)nn1. The summed E-state index contributed by atoms with van der Waals surface area (Å²) in [6.07, 6.45) is 3.25. The lowest BCUT2D eigenvalue weighted by atomic mass is 9.49. The maximum absolute atomic E-state index is 12.5. The smallest absolute Gasteiger partial charge is 0.312 e. The van der Waals surface area contributed by atoms with E-state index in [9.17, 15) is 9.59 Å². The van der Waals surface area contributed by atoms with Gasteiger partial charge in [0.1, 0.15) is 0 Å². The topological polar surface area (TPSA) is 66.4 Å². The number of carbonyl (C=O) groups is 2. The van der Waals surface area contributed by atoms with Crippen molar-refractivity contribution in [2.24, 2.45) is 5.92 Å². The number of amides is 2. The van der Waals surface area contributed by atoms with Crippen molar-refractivity contribution < 1.29 is 9.59 Å². The van der Waals surface area contributed by atoms with Gasteiger partial charge >= 0.3 is 11.8 Å². The molecule has 0 unspecified atom stereocenters. The lowest BCUT2D eigenvalue weighted by Gasteiger charge is -2.66. The van der Waals surface area contributed by atoms with E-state index in [-0.39, 0.29) is 11.4 Å². The molecule has 3 aliphatic carbocycles. The van der Waals surface area contributed by atoms with Crippen molar-refractivity contribution in [2.45, 2.75) is 31.3 Å². The van der Waals surface area contributed by atoms with Crippen LogP contribution in [0, 0.1) is 5.92 Å². The molecule has 6 nitrogen and oxygen atoms in total. The van der Waals surface area contributed by atoms with Crippen LogP contribution in [0.1, 0.15) is 25.0 Å². The highest BCUT2D eigenvalue weighted by Gasteiger charge is 2.62. The highest BCUT2D eigenvalue weighted by Crippen LogP contribution is 2.60. The standard InChI is InChI=1S/C20H20N4O2/c25-18-19(26)24(20-10-14(11-20)12-20)9-8-23(18)13-16-6-7-17(22-21-16)15-4-2-1-3-5-15/h1-7,14H,8-13H2. The Hall–Kier alpha value is -2.76. The average molecular weight is 348 g/mol. The number of piperazine rings is 1. The van der Waals surface area contributed by atoms with Gasteiger partial charge in [0.25, 0.3) is 0 Å². The normalized spacial score (nSPS) is 27.2. The molecule has 3 saturated carbocycles. The second-order valence-corrected chi connectivity index (χ2v) is 7.66. The Morgan fingerprint density at radius 3 is 2.31 bits per heavy atom. The minimum absolute atomic E-state index is 0.0145. The fourth-order valence-electron chi connectivity index (χ4n) is 4.44. The van der Waals surface area contributed by atoms with Gasteiger partial charge in [-0.05, 0) is 37.3 Å². The molecule has 132 valence electrons. The van der Waals surface area contributed by atoms with Crippen LogP contribution in [-0.2, 0) is 16.1 Å². The van der Waals surface area contributed by atoms with Crippen molar-refractivity contribution >= 4 is 11.8 Å². The third kappa shape index (κ3) is 2.32. The number of carbonyl (C=O) groups excluding carboxylic acids is 2. The number of aromatic nitrogens is 2. The van der Waals surface area contributed by atoms with E-state index in [0.29, 0.717) is 25.3 Å². The Labute approximate surface area is 151 Å². The first kappa shape index (κ1) is 15.5. The fraction of sp³-hybridized carbons (Fsp3) is 0.400. The third-order valence-corrected chi connectivity index (χ3v) is 6.03. The Morgan fingerprint density at radius 1 is 0.923 bits per heavy atom. The van der Waals surface area contributed by atoms with Crippen LogP contribution in [0.15, 0.2) is 42.5 Å². The summed E-state index contributed by atoms with van der Waals surface area (Å²) in [5, 5.41) is 8.50. The second-order valence-electron chi connectivity index (χ2n) is 7.66. The minimum Gasteiger partial charge on any atom is -0.327 e. The van der Waals surface area contributed by atoms with E-state index in [1.165, 1.54) is 0 Å². The summed E-state index contributed by atoms with van der Waals surface area (Å²) in [7, 11) is 0. The van der Waals surface area contributed by atoms with Crippen LogP contribution in [0.4, 0.5) is 0 Å². The van der Waals surface area contributed by atoms with Crippen molar-refractivity contribution in [3.8, 4) is 11.3 Å². The Bertz CT molecular complexity index is 848. The van der Waals surface area contributed by atoms with E-state index in [1.807, 2.05) is 47.4 Å². The van der Waals surface area contributed by atoms with E-state index in [0.717, 1.165) is 36.4 Å². The summed E-state index contributed by atoms with van der Waals surface area (Å²) >= 11 is 0. The highest BCUT2D eigenvalue weighted by atomic mass is 16.2. The molecule has 2 amide bonds. The molecular formula is C20H20N4O2. The summed E-state index contributed by atoms with van der Waals surface area (Å²) in [5.41, 5.74) is 2.51. The molecule has 0 radical (unpaired) electrons. The maximum Gasteiger partial charge on any atom is 0.312 e. The predicted molar refractivity (Wildman–Crippen MR) is 94.7 cm³/mol. The summed E-state index contributed by atoms with van der Waals surface area (Å²) in [6.45, 7) is 1.53. The van der Waals surface area contributed by atoms with Crippen molar-refractivity contribution in [1.29, 1.82) is 0 Å². The summed E-state index contributed by atoms with van der Waals surface area (Å²) < 4.78 is 0. The van der Waals surface area contributed by atoms with E-state index < -0.39 is 5.91 Å². The van der Waals surface area contributed by atoms with Gasteiger partial charge in [-0.1, -0.05) is 30.3 Å². The summed E-state index contributed by atoms with van der Waals surface area (Å²) in [6, 6.07) is 13.6. The van der Waals surface area contributed by atoms with Crippen LogP contribution in [0.5, 0.6) is 0 Å². The predicted octanol–water partition coefficient (Wildman–Crippen LogP) is 1.87. The Kier molecular flexibility index (Phi) is 3.35. The molecule has 4 aliphatic rings. The van der Waals surface area contributed by atoms with E-state index in [1.54, 1.807) is 4.90 Å². The van der Waals surface area contributed by atoms with E-state index >= 15 is 0 Å². The lowest BCUT2D eigenvalue weighted by molar-refractivity contribution is -0.186. The van der Waals surface area contributed by atoms with Gasteiger partial charge in [0.15, 0.2) is 0 Å². The lowest BCUT2D eigenvalue weighted by Crippen LogP contribution is -2.73. The van der Waals surface area contributed by atoms with Crippen LogP contribution < -0.4 is 0 Å². The second kappa shape index (κ2) is 5.62. The van der Waals surface area contributed by atoms with Gasteiger partial charge in [-0.2, -0.15) is 10.2 Å². The number of hydrogen-bond acceptors (Lipinski definition) is 4. The van der Waals surface area contributed by atoms with Crippen LogP contribution in [0.3, 0.4) is 0 Å². The van der Waals surface area contributed by atoms with Gasteiger partial charge in [-0.3, -0.25) is 9.59 Å². The highest BCUT2D eigenvalue weighted by molar-refractivity contribution is 6.35. The first-order valence-corrected chi connectivity index (χ1v) is 9.14. The molecule has 1 aromatic heterocycles. The maximum atomic E-state index is 12.5. The van der Waals surface area contributed by atoms with E-state index in [4.69, 9.17) is 0 Å². The van der Waals surface area contributed by atoms with Crippen molar-refractivity contribution in [2.75, 3.05) is 13.1 Å². The Morgan fingerprint density at radius 2 is 1.69 bits per heavy atom. The molecule has 4 fully saturated rings. The van der Waals surface area contributed by atoms with E-state index in [2.05, 4.69) is 10.2 Å². The van der Waals surface area contributed by atoms with Crippen LogP contribution in [0.2, 0.25) is 0 Å². The van der Waals surface area contributed by atoms with Crippen LogP contribution in [-0.4, -0.2) is 50.4 Å². The first-order valence-electron chi connectivity index (χ1n) is 9.14. The molecule has 1 saturated heterocycles. The third-order valence-electron chi connectivity index (χ3n) is 6.03. The number of hydrogen-bond donors (Lipinski definition) is 0. The molecule has 1 aliphatic heterocycles. The zero-order valence-electron chi connectivity index (χ0n) is 14.5. The number of rotatable bonds is 4. The zero-order chi connectivity index (χ0) is 17.7. The van der Waals surface area contributed by atoms with Gasteiger partial charge in [0.2, 0.25) is 0 Å². The Balaban J connectivity index is 1.26. The minimum atomic E-state index is -0.407. The molecule has 0 atom stereocenters. The van der Waals surface area contributed by atoms with Gasteiger partial charge in [-0.15, -0.1) is 0 Å². The van der Waals surface area contributed by atoms with Crippen molar-refractivity contribution in [1.82, 2.24) is 20.0 Å². The largest absolute Gasteiger partial charge is 0.327 e. The molecule has 6 rings (SSSR count). The van der Waals surface area contributed by atoms with Crippen LogP contribution in [0.25, 0.3) is 11.3 Å². The number of nitrogens with zero attached hydrogens (tertiary/aromatic N) is 4. The summed E-state index contributed by atoms with van der Waals surface area (Å²) in [4.78, 5) is 28.5. The van der Waals surface area contributed by atoms with Gasteiger partial charge in [0.05, 0.1) is 17.9 Å². The van der Waals surface area contributed by atoms with Crippen molar-refractivity contribution in [3.05, 3.63) is 48.2 Å². The molecule has 0 spiro atoms. The fourth-order valence-corrected chi connectivity index (χ4v) is 4.44. The van der Waals surface area contributed by atoms with Crippen molar-refractivity contribution in [3.63, 3.8) is 0 Å². The summed E-state index contributed by atoms with van der Waals surface area (Å²) in [5.74, 6) is 0.0347. The van der Waals surface area contributed by atoms with Gasteiger partial charge in [0, 0.05) is 24.2 Å².